The third kappa shape index (κ3) is 2.44. The number of nitro groups is 1. The van der Waals surface area contributed by atoms with Gasteiger partial charge in [-0.3, -0.25) is 14.9 Å². The Balaban J connectivity index is 2.54. The molecular formula is C14H10N2O3S. The summed E-state index contributed by atoms with van der Waals surface area (Å²) in [6, 6.07) is 9.79. The smallest absolute Gasteiger partial charge is 0.280 e. The topological polar surface area (TPSA) is 84.0 Å². The van der Waals surface area contributed by atoms with Crippen LogP contribution in [0.3, 0.4) is 0 Å². The molecule has 0 radical (unpaired) electrons. The third-order valence-corrected chi connectivity index (χ3v) is 3.85. The lowest BCUT2D eigenvalue weighted by molar-refractivity contribution is -0.385. The lowest BCUT2D eigenvalue weighted by Gasteiger charge is -2.09. The van der Waals surface area contributed by atoms with Gasteiger partial charge < -0.3 is 0 Å². The standard InChI is InChI=1S/C14H10N2O3S/c1-9-4-2-5-11(16(18)19)13(9)14(17)10(8-15)12-6-3-7-20-12/h2-7,10H,1H3. The maximum absolute atomic E-state index is 12.5. The van der Waals surface area contributed by atoms with Gasteiger partial charge in [-0.1, -0.05) is 18.2 Å². The molecule has 0 aliphatic heterocycles. The minimum absolute atomic E-state index is 0.0115. The first-order valence-corrected chi connectivity index (χ1v) is 6.65. The molecule has 2 rings (SSSR count). The van der Waals surface area contributed by atoms with Crippen LogP contribution in [0.25, 0.3) is 0 Å². The average Bonchev–Trinajstić information content (AvgIpc) is 2.92. The molecule has 2 aromatic rings. The molecule has 6 heteroatoms. The first-order valence-electron chi connectivity index (χ1n) is 5.77. The Morgan fingerprint density at radius 2 is 2.15 bits per heavy atom. The fraction of sp³-hybridized carbons (Fsp3) is 0.143. The van der Waals surface area contributed by atoms with Gasteiger partial charge in [0.05, 0.1) is 16.6 Å². The molecule has 1 unspecified atom stereocenters. The highest BCUT2D eigenvalue weighted by atomic mass is 32.1. The highest BCUT2D eigenvalue weighted by Crippen LogP contribution is 2.30. The van der Waals surface area contributed by atoms with E-state index in [0.717, 1.165) is 0 Å². The maximum Gasteiger partial charge on any atom is 0.280 e. The van der Waals surface area contributed by atoms with Crippen LogP contribution < -0.4 is 0 Å². The second-order valence-corrected chi connectivity index (χ2v) is 5.15. The van der Waals surface area contributed by atoms with Crippen molar-refractivity contribution in [2.75, 3.05) is 0 Å². The summed E-state index contributed by atoms with van der Waals surface area (Å²) >= 11 is 1.29. The summed E-state index contributed by atoms with van der Waals surface area (Å²) in [4.78, 5) is 23.5. The first kappa shape index (κ1) is 13.9. The van der Waals surface area contributed by atoms with Crippen molar-refractivity contribution in [3.63, 3.8) is 0 Å². The summed E-state index contributed by atoms with van der Waals surface area (Å²) in [6.45, 7) is 1.63. The van der Waals surface area contributed by atoms with Crippen LogP contribution in [0.5, 0.6) is 0 Å². The number of nitriles is 1. The van der Waals surface area contributed by atoms with E-state index in [1.807, 2.05) is 6.07 Å². The van der Waals surface area contributed by atoms with Crippen molar-refractivity contribution in [3.8, 4) is 6.07 Å². The molecule has 0 spiro atoms. The summed E-state index contributed by atoms with van der Waals surface area (Å²) in [7, 11) is 0. The Hall–Kier alpha value is -2.52. The normalized spacial score (nSPS) is 11.6. The molecule has 0 saturated heterocycles. The van der Waals surface area contributed by atoms with Crippen LogP contribution in [0, 0.1) is 28.4 Å². The zero-order valence-corrected chi connectivity index (χ0v) is 11.4. The maximum atomic E-state index is 12.5. The van der Waals surface area contributed by atoms with Crippen molar-refractivity contribution in [2.24, 2.45) is 0 Å². The SMILES string of the molecule is Cc1cccc([N+](=O)[O-])c1C(=O)C(C#N)c1cccs1. The van der Waals surface area contributed by atoms with Gasteiger partial charge >= 0.3 is 0 Å². The number of benzene rings is 1. The lowest BCUT2D eigenvalue weighted by atomic mass is 9.93. The Morgan fingerprint density at radius 1 is 1.40 bits per heavy atom. The van der Waals surface area contributed by atoms with Crippen molar-refractivity contribution in [1.29, 1.82) is 5.26 Å². The molecular weight excluding hydrogens is 276 g/mol. The predicted molar refractivity (Wildman–Crippen MR) is 74.8 cm³/mol. The number of hydrogen-bond donors (Lipinski definition) is 0. The lowest BCUT2D eigenvalue weighted by Crippen LogP contribution is -2.13. The van der Waals surface area contributed by atoms with E-state index in [1.54, 1.807) is 30.5 Å². The van der Waals surface area contributed by atoms with Gasteiger partial charge in [-0.15, -0.1) is 11.3 Å². The van der Waals surface area contributed by atoms with Crippen LogP contribution in [0.2, 0.25) is 0 Å². The van der Waals surface area contributed by atoms with Crippen LogP contribution >= 0.6 is 11.3 Å². The molecule has 0 bridgehead atoms. The molecule has 0 amide bonds. The zero-order chi connectivity index (χ0) is 14.7. The molecule has 5 nitrogen and oxygen atoms in total. The Kier molecular flexibility index (Phi) is 3.91. The quantitative estimate of drug-likeness (QED) is 0.489. The number of thiophene rings is 1. The van der Waals surface area contributed by atoms with E-state index in [0.29, 0.717) is 10.4 Å². The number of carbonyl (C=O) groups is 1. The van der Waals surface area contributed by atoms with Crippen LogP contribution in [0.15, 0.2) is 35.7 Å². The summed E-state index contributed by atoms with van der Waals surface area (Å²) in [6.07, 6.45) is 0. The molecule has 1 aromatic heterocycles. The van der Waals surface area contributed by atoms with Gasteiger partial charge in [0.25, 0.3) is 5.69 Å². The number of aryl methyl sites for hydroxylation is 1. The van der Waals surface area contributed by atoms with Gasteiger partial charge in [0.2, 0.25) is 0 Å². The number of carbonyl (C=O) groups excluding carboxylic acids is 1. The van der Waals surface area contributed by atoms with E-state index in [4.69, 9.17) is 0 Å². The third-order valence-electron chi connectivity index (χ3n) is 2.91. The predicted octanol–water partition coefficient (Wildman–Crippen LogP) is 3.45. The van der Waals surface area contributed by atoms with Gasteiger partial charge in [-0.05, 0) is 23.9 Å². The highest BCUT2D eigenvalue weighted by Gasteiger charge is 2.30. The second-order valence-electron chi connectivity index (χ2n) is 4.17. The van der Waals surface area contributed by atoms with Gasteiger partial charge in [0, 0.05) is 10.9 Å². The van der Waals surface area contributed by atoms with Crippen molar-refractivity contribution < 1.29 is 9.72 Å². The van der Waals surface area contributed by atoms with Gasteiger partial charge in [-0.2, -0.15) is 5.26 Å². The first-order chi connectivity index (χ1) is 9.56. The number of hydrogen-bond acceptors (Lipinski definition) is 5. The van der Waals surface area contributed by atoms with Crippen LogP contribution in [0.1, 0.15) is 26.7 Å². The molecule has 0 aliphatic carbocycles. The average molecular weight is 286 g/mol. The van der Waals surface area contributed by atoms with Crippen LogP contribution in [0.4, 0.5) is 5.69 Å². The summed E-state index contributed by atoms with van der Waals surface area (Å²) in [5, 5.41) is 22.0. The Morgan fingerprint density at radius 3 is 2.70 bits per heavy atom. The molecule has 1 aromatic carbocycles. The van der Waals surface area contributed by atoms with E-state index in [1.165, 1.54) is 23.5 Å². The van der Waals surface area contributed by atoms with Crippen molar-refractivity contribution >= 4 is 22.8 Å². The molecule has 1 atom stereocenters. The molecule has 0 saturated carbocycles. The minimum atomic E-state index is -1.00. The van der Waals surface area contributed by atoms with Crippen molar-refractivity contribution in [3.05, 3.63) is 61.8 Å². The van der Waals surface area contributed by atoms with E-state index >= 15 is 0 Å². The summed E-state index contributed by atoms with van der Waals surface area (Å²) in [5.41, 5.74) is 0.255. The number of rotatable bonds is 4. The van der Waals surface area contributed by atoms with E-state index in [-0.39, 0.29) is 11.3 Å². The van der Waals surface area contributed by atoms with Crippen LogP contribution in [-0.4, -0.2) is 10.7 Å². The molecule has 20 heavy (non-hydrogen) atoms. The second kappa shape index (κ2) is 5.63. The molecule has 100 valence electrons. The van der Waals surface area contributed by atoms with Gasteiger partial charge in [0.1, 0.15) is 5.92 Å². The van der Waals surface area contributed by atoms with Crippen molar-refractivity contribution in [1.82, 2.24) is 0 Å². The number of nitro benzene ring substituents is 1. The molecule has 1 heterocycles. The Labute approximate surface area is 119 Å². The fourth-order valence-electron chi connectivity index (χ4n) is 1.98. The van der Waals surface area contributed by atoms with E-state index in [2.05, 4.69) is 0 Å². The zero-order valence-electron chi connectivity index (χ0n) is 10.6. The number of Topliss-reactive ketones (excluding diaryl/α,β-unsaturated/α-hetero) is 1. The summed E-state index contributed by atoms with van der Waals surface area (Å²) < 4.78 is 0. The summed E-state index contributed by atoms with van der Waals surface area (Å²) in [5.74, 6) is -1.53. The minimum Gasteiger partial charge on any atom is -0.292 e. The van der Waals surface area contributed by atoms with Crippen molar-refractivity contribution in [2.45, 2.75) is 12.8 Å². The van der Waals surface area contributed by atoms with E-state index in [9.17, 15) is 20.2 Å². The monoisotopic (exact) mass is 286 g/mol. The van der Waals surface area contributed by atoms with Crippen LogP contribution in [-0.2, 0) is 0 Å². The van der Waals surface area contributed by atoms with Gasteiger partial charge in [0.15, 0.2) is 5.78 Å². The molecule has 0 fully saturated rings. The highest BCUT2D eigenvalue weighted by molar-refractivity contribution is 7.10. The molecule has 0 N–H and O–H groups in total. The largest absolute Gasteiger partial charge is 0.292 e. The number of nitrogens with zero attached hydrogens (tertiary/aromatic N) is 2. The Bertz CT molecular complexity index is 702. The fourth-order valence-corrected chi connectivity index (χ4v) is 2.74. The molecule has 0 aliphatic rings. The number of ketones is 1. The van der Waals surface area contributed by atoms with Gasteiger partial charge in [-0.25, -0.2) is 0 Å². The van der Waals surface area contributed by atoms with E-state index < -0.39 is 16.6 Å².